The van der Waals surface area contributed by atoms with Gasteiger partial charge in [-0.25, -0.2) is 4.98 Å². The van der Waals surface area contributed by atoms with E-state index in [9.17, 15) is 4.79 Å². The lowest BCUT2D eigenvalue weighted by Gasteiger charge is -2.03. The summed E-state index contributed by atoms with van der Waals surface area (Å²) < 4.78 is 0.915. The lowest BCUT2D eigenvalue weighted by atomic mass is 10.2. The Morgan fingerprint density at radius 3 is 2.56 bits per heavy atom. The number of nitrogens with one attached hydrogen (secondary N) is 1. The predicted octanol–water partition coefficient (Wildman–Crippen LogP) is 3.19. The summed E-state index contributed by atoms with van der Waals surface area (Å²) in [5.41, 5.74) is 1.55. The van der Waals surface area contributed by atoms with E-state index in [0.29, 0.717) is 11.2 Å². The molecule has 0 aliphatic rings. The Kier molecular flexibility index (Phi) is 2.87. The van der Waals surface area contributed by atoms with E-state index in [0.717, 1.165) is 14.7 Å². The smallest absolute Gasteiger partial charge is 0.260 e. The standard InChI is InChI=1S/C14H9IN2O/c15-10-7-4-8-11-12(10)14(18)17-13(16-11)9-5-2-1-3-6-9/h1-8H,(H,16,17,18). The Morgan fingerprint density at radius 1 is 1.00 bits per heavy atom. The Morgan fingerprint density at radius 2 is 1.78 bits per heavy atom. The van der Waals surface area contributed by atoms with Gasteiger partial charge in [0, 0.05) is 9.13 Å². The second-order valence-electron chi connectivity index (χ2n) is 3.91. The van der Waals surface area contributed by atoms with Crippen molar-refractivity contribution in [1.29, 1.82) is 0 Å². The molecule has 0 bridgehead atoms. The van der Waals surface area contributed by atoms with Gasteiger partial charge in [-0.1, -0.05) is 36.4 Å². The van der Waals surface area contributed by atoms with Crippen LogP contribution in [0.15, 0.2) is 53.3 Å². The third-order valence-electron chi connectivity index (χ3n) is 2.73. The van der Waals surface area contributed by atoms with Gasteiger partial charge in [-0.15, -0.1) is 0 Å². The van der Waals surface area contributed by atoms with Crippen molar-refractivity contribution in [3.05, 3.63) is 62.5 Å². The first kappa shape index (κ1) is 11.4. The van der Waals surface area contributed by atoms with Gasteiger partial charge in [0.05, 0.1) is 10.9 Å². The lowest BCUT2D eigenvalue weighted by molar-refractivity contribution is 1.18. The molecule has 0 saturated carbocycles. The first-order valence-electron chi connectivity index (χ1n) is 5.50. The van der Waals surface area contributed by atoms with Crippen molar-refractivity contribution in [2.24, 2.45) is 0 Å². The Bertz CT molecular complexity index is 766. The summed E-state index contributed by atoms with van der Waals surface area (Å²) in [7, 11) is 0. The van der Waals surface area contributed by atoms with Gasteiger partial charge < -0.3 is 4.98 Å². The van der Waals surface area contributed by atoms with E-state index in [-0.39, 0.29) is 5.56 Å². The summed E-state index contributed by atoms with van der Waals surface area (Å²) >= 11 is 2.15. The summed E-state index contributed by atoms with van der Waals surface area (Å²) in [6.45, 7) is 0. The minimum absolute atomic E-state index is 0.0937. The highest BCUT2D eigenvalue weighted by molar-refractivity contribution is 14.1. The summed E-state index contributed by atoms with van der Waals surface area (Å²) in [5, 5.41) is 0.651. The SMILES string of the molecule is O=c1[nH]c(-c2ccccc2)nc2cccc(I)c12. The fourth-order valence-corrected chi connectivity index (χ4v) is 2.61. The predicted molar refractivity (Wildman–Crippen MR) is 80.5 cm³/mol. The van der Waals surface area contributed by atoms with Crippen molar-refractivity contribution in [3.8, 4) is 11.4 Å². The molecule has 3 aromatic rings. The normalized spacial score (nSPS) is 10.7. The second-order valence-corrected chi connectivity index (χ2v) is 5.08. The minimum atomic E-state index is -0.0937. The molecule has 1 aromatic heterocycles. The quantitative estimate of drug-likeness (QED) is 0.687. The zero-order valence-corrected chi connectivity index (χ0v) is 11.5. The highest BCUT2D eigenvalue weighted by atomic mass is 127. The van der Waals surface area contributed by atoms with Crippen LogP contribution in [0.5, 0.6) is 0 Å². The van der Waals surface area contributed by atoms with E-state index in [4.69, 9.17) is 0 Å². The zero-order valence-electron chi connectivity index (χ0n) is 9.35. The van der Waals surface area contributed by atoms with Gasteiger partial charge in [0.2, 0.25) is 0 Å². The third-order valence-corrected chi connectivity index (χ3v) is 3.63. The monoisotopic (exact) mass is 348 g/mol. The van der Waals surface area contributed by atoms with E-state index >= 15 is 0 Å². The van der Waals surface area contributed by atoms with E-state index in [2.05, 4.69) is 32.6 Å². The number of benzene rings is 2. The Labute approximate surface area is 117 Å². The molecule has 4 heteroatoms. The highest BCUT2D eigenvalue weighted by Gasteiger charge is 2.07. The fourth-order valence-electron chi connectivity index (χ4n) is 1.88. The number of fused-ring (bicyclic) bond motifs is 1. The van der Waals surface area contributed by atoms with Crippen LogP contribution in [-0.2, 0) is 0 Å². The average Bonchev–Trinajstić information content (AvgIpc) is 2.39. The molecule has 0 spiro atoms. The van der Waals surface area contributed by atoms with E-state index in [1.54, 1.807) is 0 Å². The van der Waals surface area contributed by atoms with Crippen LogP contribution in [-0.4, -0.2) is 9.97 Å². The number of halogens is 1. The van der Waals surface area contributed by atoms with Crippen molar-refractivity contribution >= 4 is 33.5 Å². The summed E-state index contributed by atoms with van der Waals surface area (Å²) in [4.78, 5) is 19.4. The van der Waals surface area contributed by atoms with Crippen molar-refractivity contribution in [3.63, 3.8) is 0 Å². The van der Waals surface area contributed by atoms with E-state index in [1.165, 1.54) is 0 Å². The van der Waals surface area contributed by atoms with Gasteiger partial charge in [0.15, 0.2) is 0 Å². The number of hydrogen-bond acceptors (Lipinski definition) is 2. The molecule has 0 unspecified atom stereocenters. The molecule has 0 saturated heterocycles. The van der Waals surface area contributed by atoms with Crippen LogP contribution >= 0.6 is 22.6 Å². The number of rotatable bonds is 1. The zero-order chi connectivity index (χ0) is 12.5. The maximum Gasteiger partial charge on any atom is 0.260 e. The molecule has 1 heterocycles. The van der Waals surface area contributed by atoms with Crippen LogP contribution in [0.25, 0.3) is 22.3 Å². The van der Waals surface area contributed by atoms with Crippen LogP contribution in [0.2, 0.25) is 0 Å². The number of aromatic nitrogens is 2. The van der Waals surface area contributed by atoms with Crippen molar-refractivity contribution in [2.45, 2.75) is 0 Å². The average molecular weight is 348 g/mol. The molecule has 2 aromatic carbocycles. The maximum absolute atomic E-state index is 12.1. The van der Waals surface area contributed by atoms with E-state index < -0.39 is 0 Å². The molecule has 0 atom stereocenters. The van der Waals surface area contributed by atoms with Gasteiger partial charge in [-0.3, -0.25) is 4.79 Å². The van der Waals surface area contributed by atoms with Crippen LogP contribution < -0.4 is 5.56 Å². The molecule has 18 heavy (non-hydrogen) atoms. The Balaban J connectivity index is 2.33. The fraction of sp³-hybridized carbons (Fsp3) is 0. The molecule has 0 aliphatic heterocycles. The van der Waals surface area contributed by atoms with Crippen LogP contribution in [0.1, 0.15) is 0 Å². The first-order chi connectivity index (χ1) is 8.75. The van der Waals surface area contributed by atoms with Gasteiger partial charge >= 0.3 is 0 Å². The van der Waals surface area contributed by atoms with Crippen molar-refractivity contribution in [2.75, 3.05) is 0 Å². The highest BCUT2D eigenvalue weighted by Crippen LogP contribution is 2.18. The van der Waals surface area contributed by atoms with E-state index in [1.807, 2.05) is 48.5 Å². The summed E-state index contributed by atoms with van der Waals surface area (Å²) in [6, 6.07) is 15.3. The molecule has 88 valence electrons. The topological polar surface area (TPSA) is 45.8 Å². The van der Waals surface area contributed by atoms with Crippen LogP contribution in [0.4, 0.5) is 0 Å². The van der Waals surface area contributed by atoms with Crippen molar-refractivity contribution in [1.82, 2.24) is 9.97 Å². The van der Waals surface area contributed by atoms with Crippen molar-refractivity contribution < 1.29 is 0 Å². The molecule has 0 aliphatic carbocycles. The Hall–Kier alpha value is -1.69. The molecule has 0 fully saturated rings. The molecule has 3 rings (SSSR count). The minimum Gasteiger partial charge on any atom is -0.306 e. The van der Waals surface area contributed by atoms with Crippen LogP contribution in [0, 0.1) is 3.57 Å². The van der Waals surface area contributed by atoms with Crippen LogP contribution in [0.3, 0.4) is 0 Å². The molecular formula is C14H9IN2O. The largest absolute Gasteiger partial charge is 0.306 e. The molecule has 3 nitrogen and oxygen atoms in total. The van der Waals surface area contributed by atoms with Gasteiger partial charge in [0.25, 0.3) is 5.56 Å². The van der Waals surface area contributed by atoms with Gasteiger partial charge in [0.1, 0.15) is 5.82 Å². The third kappa shape index (κ3) is 1.92. The maximum atomic E-state index is 12.1. The summed E-state index contributed by atoms with van der Waals surface area (Å²) in [5.74, 6) is 0.607. The molecule has 1 N–H and O–H groups in total. The number of aromatic amines is 1. The summed E-state index contributed by atoms with van der Waals surface area (Å²) in [6.07, 6.45) is 0. The van der Waals surface area contributed by atoms with Gasteiger partial charge in [-0.2, -0.15) is 0 Å². The number of hydrogen-bond donors (Lipinski definition) is 1. The molecular weight excluding hydrogens is 339 g/mol. The van der Waals surface area contributed by atoms with Gasteiger partial charge in [-0.05, 0) is 34.7 Å². The number of nitrogens with zero attached hydrogens (tertiary/aromatic N) is 1. The second kappa shape index (κ2) is 4.53. The number of H-pyrrole nitrogens is 1. The first-order valence-corrected chi connectivity index (χ1v) is 6.57. The molecule has 0 radical (unpaired) electrons. The lowest BCUT2D eigenvalue weighted by Crippen LogP contribution is -2.10. The molecule has 0 amide bonds.